The van der Waals surface area contributed by atoms with Gasteiger partial charge in [0.2, 0.25) is 0 Å². The molecule has 0 bridgehead atoms. The van der Waals surface area contributed by atoms with E-state index in [1.54, 1.807) is 0 Å². The number of rotatable bonds is 3. The molecule has 1 aliphatic heterocycles. The molecule has 2 N–H and O–H groups in total. The molecule has 4 nitrogen and oxygen atoms in total. The maximum atomic E-state index is 6.18. The van der Waals surface area contributed by atoms with Crippen LogP contribution in [0.15, 0.2) is 12.4 Å². The Hall–Kier alpha value is -0.870. The highest BCUT2D eigenvalue weighted by Crippen LogP contribution is 2.38. The molecule has 2 aliphatic rings. The SMILES string of the molecule is CCC1CCC(CN)(N2CCn3ccnc3C2)CC1. The molecule has 3 rings (SSSR count). The Bertz CT molecular complexity index is 418. The van der Waals surface area contributed by atoms with E-state index in [0.717, 1.165) is 32.1 Å². The van der Waals surface area contributed by atoms with Crippen LogP contribution in [0.25, 0.3) is 0 Å². The molecular formula is C15H26N4. The molecule has 0 atom stereocenters. The van der Waals surface area contributed by atoms with Gasteiger partial charge in [-0.05, 0) is 31.6 Å². The quantitative estimate of drug-likeness (QED) is 0.906. The summed E-state index contributed by atoms with van der Waals surface area (Å²) in [5.74, 6) is 2.13. The second kappa shape index (κ2) is 5.25. The number of hydrogen-bond donors (Lipinski definition) is 1. The molecule has 0 amide bonds. The van der Waals surface area contributed by atoms with Gasteiger partial charge in [-0.25, -0.2) is 4.98 Å². The number of nitrogens with two attached hydrogens (primary N) is 1. The Labute approximate surface area is 116 Å². The molecule has 1 fully saturated rings. The van der Waals surface area contributed by atoms with Gasteiger partial charge in [0, 0.05) is 37.6 Å². The molecular weight excluding hydrogens is 236 g/mol. The fourth-order valence-electron chi connectivity index (χ4n) is 3.85. The first-order valence-corrected chi connectivity index (χ1v) is 7.72. The molecule has 0 saturated heterocycles. The molecule has 0 radical (unpaired) electrons. The second-order valence-electron chi connectivity index (χ2n) is 6.24. The third-order valence-electron chi connectivity index (χ3n) is 5.41. The fourth-order valence-corrected chi connectivity index (χ4v) is 3.85. The number of hydrogen-bond acceptors (Lipinski definition) is 3. The highest BCUT2D eigenvalue weighted by molar-refractivity contribution is 5.02. The van der Waals surface area contributed by atoms with Gasteiger partial charge in [-0.1, -0.05) is 13.3 Å². The maximum absolute atomic E-state index is 6.18. The molecule has 0 spiro atoms. The average Bonchev–Trinajstić information content (AvgIpc) is 2.94. The van der Waals surface area contributed by atoms with Crippen LogP contribution in [0.1, 0.15) is 44.9 Å². The number of fused-ring (bicyclic) bond motifs is 1. The summed E-state index contributed by atoms with van der Waals surface area (Å²) in [6.45, 7) is 6.27. The van der Waals surface area contributed by atoms with Gasteiger partial charge >= 0.3 is 0 Å². The van der Waals surface area contributed by atoms with Gasteiger partial charge in [0.1, 0.15) is 5.82 Å². The van der Waals surface area contributed by atoms with Crippen LogP contribution in [0, 0.1) is 5.92 Å². The van der Waals surface area contributed by atoms with Gasteiger partial charge in [0.15, 0.2) is 0 Å². The van der Waals surface area contributed by atoms with Crippen LogP contribution in [-0.4, -0.2) is 33.1 Å². The van der Waals surface area contributed by atoms with Crippen LogP contribution in [0.2, 0.25) is 0 Å². The average molecular weight is 262 g/mol. The van der Waals surface area contributed by atoms with E-state index in [1.165, 1.54) is 37.9 Å². The Balaban J connectivity index is 1.73. The molecule has 4 heteroatoms. The molecule has 0 unspecified atom stereocenters. The lowest BCUT2D eigenvalue weighted by Gasteiger charge is -2.49. The summed E-state index contributed by atoms with van der Waals surface area (Å²) in [7, 11) is 0. The summed E-state index contributed by atoms with van der Waals surface area (Å²) >= 11 is 0. The van der Waals surface area contributed by atoms with Crippen molar-refractivity contribution >= 4 is 0 Å². The van der Waals surface area contributed by atoms with Crippen LogP contribution >= 0.6 is 0 Å². The first kappa shape index (κ1) is 13.1. The zero-order chi connectivity index (χ0) is 13.3. The predicted molar refractivity (Wildman–Crippen MR) is 76.7 cm³/mol. The third-order valence-corrected chi connectivity index (χ3v) is 5.41. The van der Waals surface area contributed by atoms with E-state index in [1.807, 2.05) is 6.20 Å². The molecule has 1 aromatic rings. The zero-order valence-electron chi connectivity index (χ0n) is 12.0. The van der Waals surface area contributed by atoms with Crippen molar-refractivity contribution in [3.63, 3.8) is 0 Å². The number of nitrogens with zero attached hydrogens (tertiary/aromatic N) is 3. The third kappa shape index (κ3) is 2.32. The van der Waals surface area contributed by atoms with E-state index < -0.39 is 0 Å². The first-order valence-electron chi connectivity index (χ1n) is 7.72. The van der Waals surface area contributed by atoms with Gasteiger partial charge in [-0.3, -0.25) is 4.90 Å². The summed E-state index contributed by atoms with van der Waals surface area (Å²) in [6, 6.07) is 0. The van der Waals surface area contributed by atoms with Crippen molar-refractivity contribution in [2.75, 3.05) is 13.1 Å². The van der Waals surface area contributed by atoms with E-state index in [9.17, 15) is 0 Å². The van der Waals surface area contributed by atoms with E-state index in [2.05, 4.69) is 27.6 Å². The second-order valence-corrected chi connectivity index (χ2v) is 6.24. The lowest BCUT2D eigenvalue weighted by Crippen LogP contribution is -2.57. The summed E-state index contributed by atoms with van der Waals surface area (Å²) in [5, 5.41) is 0. The van der Waals surface area contributed by atoms with Crippen molar-refractivity contribution in [2.24, 2.45) is 11.7 Å². The van der Waals surface area contributed by atoms with Crippen molar-refractivity contribution in [2.45, 2.75) is 57.7 Å². The normalized spacial score (nSPS) is 32.2. The van der Waals surface area contributed by atoms with Gasteiger partial charge in [0.05, 0.1) is 6.54 Å². The van der Waals surface area contributed by atoms with Crippen LogP contribution in [0.5, 0.6) is 0 Å². The van der Waals surface area contributed by atoms with Crippen molar-refractivity contribution < 1.29 is 0 Å². The topological polar surface area (TPSA) is 47.1 Å². The van der Waals surface area contributed by atoms with E-state index in [-0.39, 0.29) is 5.54 Å². The first-order chi connectivity index (χ1) is 9.27. The van der Waals surface area contributed by atoms with Crippen LogP contribution in [0.3, 0.4) is 0 Å². The highest BCUT2D eigenvalue weighted by atomic mass is 15.3. The minimum Gasteiger partial charge on any atom is -0.333 e. The number of aromatic nitrogens is 2. The van der Waals surface area contributed by atoms with Gasteiger partial charge in [-0.15, -0.1) is 0 Å². The summed E-state index contributed by atoms with van der Waals surface area (Å²) in [4.78, 5) is 7.09. The highest BCUT2D eigenvalue weighted by Gasteiger charge is 2.40. The fraction of sp³-hybridized carbons (Fsp3) is 0.800. The zero-order valence-corrected chi connectivity index (χ0v) is 12.0. The molecule has 0 aromatic carbocycles. The minimum atomic E-state index is 0.239. The number of imidazole rings is 1. The molecule has 1 saturated carbocycles. The Kier molecular flexibility index (Phi) is 3.63. The summed E-state index contributed by atoms with van der Waals surface area (Å²) < 4.78 is 2.28. The van der Waals surface area contributed by atoms with Crippen LogP contribution in [0.4, 0.5) is 0 Å². The van der Waals surface area contributed by atoms with Crippen molar-refractivity contribution in [1.82, 2.24) is 14.5 Å². The molecule has 1 aliphatic carbocycles. The van der Waals surface area contributed by atoms with Gasteiger partial charge < -0.3 is 10.3 Å². The standard InChI is InChI=1S/C15H26N4/c1-2-13-3-5-15(12-16,6-4-13)19-10-9-18-8-7-17-14(18)11-19/h7-8,13H,2-6,9-12,16H2,1H3. The van der Waals surface area contributed by atoms with E-state index in [0.29, 0.717) is 0 Å². The monoisotopic (exact) mass is 262 g/mol. The molecule has 106 valence electrons. The van der Waals surface area contributed by atoms with E-state index in [4.69, 9.17) is 5.73 Å². The molecule has 1 aromatic heterocycles. The van der Waals surface area contributed by atoms with Crippen molar-refractivity contribution in [3.05, 3.63) is 18.2 Å². The molecule has 19 heavy (non-hydrogen) atoms. The smallest absolute Gasteiger partial charge is 0.122 e. The summed E-state index contributed by atoms with van der Waals surface area (Å²) in [6.07, 6.45) is 10.6. The Morgan fingerprint density at radius 2 is 2.16 bits per heavy atom. The van der Waals surface area contributed by atoms with Crippen molar-refractivity contribution in [3.8, 4) is 0 Å². The van der Waals surface area contributed by atoms with Gasteiger partial charge in [-0.2, -0.15) is 0 Å². The van der Waals surface area contributed by atoms with Gasteiger partial charge in [0.25, 0.3) is 0 Å². The summed E-state index contributed by atoms with van der Waals surface area (Å²) in [5.41, 5.74) is 6.42. The van der Waals surface area contributed by atoms with E-state index >= 15 is 0 Å². The minimum absolute atomic E-state index is 0.239. The van der Waals surface area contributed by atoms with Crippen LogP contribution in [-0.2, 0) is 13.1 Å². The predicted octanol–water partition coefficient (Wildman–Crippen LogP) is 2.00. The lowest BCUT2D eigenvalue weighted by molar-refractivity contribution is 0.0195. The van der Waals surface area contributed by atoms with Crippen molar-refractivity contribution in [1.29, 1.82) is 0 Å². The van der Waals surface area contributed by atoms with Crippen LogP contribution < -0.4 is 5.73 Å². The molecule has 2 heterocycles. The lowest BCUT2D eigenvalue weighted by atomic mass is 9.74. The maximum Gasteiger partial charge on any atom is 0.122 e. The Morgan fingerprint density at radius 3 is 2.84 bits per heavy atom. The largest absolute Gasteiger partial charge is 0.333 e. The Morgan fingerprint density at radius 1 is 1.37 bits per heavy atom.